The molecular weight excluding hydrogens is 388 g/mol. The van der Waals surface area contributed by atoms with Crippen LogP contribution in [0, 0.1) is 5.82 Å². The van der Waals surface area contributed by atoms with Crippen molar-refractivity contribution in [2.75, 3.05) is 12.4 Å². The molecule has 27 heavy (non-hydrogen) atoms. The van der Waals surface area contributed by atoms with E-state index in [0.29, 0.717) is 34.7 Å². The zero-order chi connectivity index (χ0) is 19.2. The SMILES string of the molecule is COc1cc(CNc2ccc(F)cc2)ccc1OCc1ccc(Cl)c(Cl)c1. The first kappa shape index (κ1) is 19.3. The van der Waals surface area contributed by atoms with Crippen LogP contribution < -0.4 is 14.8 Å². The smallest absolute Gasteiger partial charge is 0.161 e. The van der Waals surface area contributed by atoms with Crippen molar-refractivity contribution < 1.29 is 13.9 Å². The van der Waals surface area contributed by atoms with Gasteiger partial charge in [0.1, 0.15) is 12.4 Å². The summed E-state index contributed by atoms with van der Waals surface area (Å²) in [6.07, 6.45) is 0. The van der Waals surface area contributed by atoms with E-state index in [1.54, 1.807) is 31.4 Å². The molecule has 3 nitrogen and oxygen atoms in total. The number of ether oxygens (including phenoxy) is 2. The monoisotopic (exact) mass is 405 g/mol. The van der Waals surface area contributed by atoms with Gasteiger partial charge in [-0.15, -0.1) is 0 Å². The lowest BCUT2D eigenvalue weighted by atomic mass is 10.2. The molecule has 3 rings (SSSR count). The summed E-state index contributed by atoms with van der Waals surface area (Å²) in [5.74, 6) is 1.01. The molecule has 0 saturated carbocycles. The molecule has 0 fully saturated rings. The van der Waals surface area contributed by atoms with Crippen molar-refractivity contribution >= 4 is 28.9 Å². The Morgan fingerprint density at radius 2 is 1.59 bits per heavy atom. The van der Waals surface area contributed by atoms with E-state index in [9.17, 15) is 4.39 Å². The van der Waals surface area contributed by atoms with Gasteiger partial charge in [-0.2, -0.15) is 0 Å². The first-order chi connectivity index (χ1) is 13.0. The lowest BCUT2D eigenvalue weighted by Gasteiger charge is -2.13. The minimum absolute atomic E-state index is 0.259. The summed E-state index contributed by atoms with van der Waals surface area (Å²) in [6, 6.07) is 17.3. The second kappa shape index (κ2) is 8.98. The third-order valence-corrected chi connectivity index (χ3v) is 4.69. The average Bonchev–Trinajstić information content (AvgIpc) is 2.68. The minimum Gasteiger partial charge on any atom is -0.493 e. The van der Waals surface area contributed by atoms with Crippen LogP contribution in [0.15, 0.2) is 60.7 Å². The molecule has 0 bridgehead atoms. The molecule has 0 amide bonds. The molecule has 0 radical (unpaired) electrons. The summed E-state index contributed by atoms with van der Waals surface area (Å²) in [5.41, 5.74) is 2.77. The molecule has 1 N–H and O–H groups in total. The fourth-order valence-corrected chi connectivity index (χ4v) is 2.82. The van der Waals surface area contributed by atoms with Crippen LogP contribution in [0.5, 0.6) is 11.5 Å². The fourth-order valence-electron chi connectivity index (χ4n) is 2.50. The predicted molar refractivity (Wildman–Crippen MR) is 108 cm³/mol. The summed E-state index contributed by atoms with van der Waals surface area (Å²) in [5, 5.41) is 4.24. The molecule has 0 atom stereocenters. The van der Waals surface area contributed by atoms with Gasteiger partial charge in [-0.05, 0) is 59.7 Å². The van der Waals surface area contributed by atoms with Crippen molar-refractivity contribution in [2.45, 2.75) is 13.2 Å². The lowest BCUT2D eigenvalue weighted by molar-refractivity contribution is 0.284. The Balaban J connectivity index is 1.64. The molecule has 0 unspecified atom stereocenters. The minimum atomic E-state index is -0.259. The number of hydrogen-bond acceptors (Lipinski definition) is 3. The molecule has 0 saturated heterocycles. The highest BCUT2D eigenvalue weighted by Gasteiger charge is 2.07. The van der Waals surface area contributed by atoms with Crippen LogP contribution >= 0.6 is 23.2 Å². The molecule has 0 aliphatic heterocycles. The predicted octanol–water partition coefficient (Wildman–Crippen LogP) is 6.33. The quantitative estimate of drug-likeness (QED) is 0.497. The number of rotatable bonds is 7. The second-order valence-corrected chi connectivity index (χ2v) is 6.70. The number of methoxy groups -OCH3 is 1. The number of hydrogen-bond donors (Lipinski definition) is 1. The van der Waals surface area contributed by atoms with Crippen LogP contribution in [0.1, 0.15) is 11.1 Å². The van der Waals surface area contributed by atoms with Crippen LogP contribution in [-0.2, 0) is 13.2 Å². The van der Waals surface area contributed by atoms with Crippen LogP contribution in [0.25, 0.3) is 0 Å². The summed E-state index contributed by atoms with van der Waals surface area (Å²) in [4.78, 5) is 0. The first-order valence-corrected chi connectivity index (χ1v) is 9.04. The Kier molecular flexibility index (Phi) is 6.43. The van der Waals surface area contributed by atoms with Gasteiger partial charge in [-0.25, -0.2) is 4.39 Å². The molecule has 0 aliphatic carbocycles. The Hall–Kier alpha value is -2.43. The van der Waals surface area contributed by atoms with Gasteiger partial charge in [0.15, 0.2) is 11.5 Å². The maximum absolute atomic E-state index is 13.0. The van der Waals surface area contributed by atoms with Crippen molar-refractivity contribution in [1.82, 2.24) is 0 Å². The highest BCUT2D eigenvalue weighted by atomic mass is 35.5. The maximum atomic E-state index is 13.0. The van der Waals surface area contributed by atoms with E-state index in [4.69, 9.17) is 32.7 Å². The molecule has 0 aliphatic rings. The van der Waals surface area contributed by atoms with E-state index in [0.717, 1.165) is 16.8 Å². The number of anilines is 1. The van der Waals surface area contributed by atoms with E-state index in [-0.39, 0.29) is 5.82 Å². The Bertz CT molecular complexity index is 917. The molecule has 6 heteroatoms. The molecule has 140 valence electrons. The molecule has 3 aromatic rings. The van der Waals surface area contributed by atoms with Crippen molar-refractivity contribution in [2.24, 2.45) is 0 Å². The molecule has 0 aromatic heterocycles. The van der Waals surface area contributed by atoms with Gasteiger partial charge < -0.3 is 14.8 Å². The van der Waals surface area contributed by atoms with E-state index in [2.05, 4.69) is 5.32 Å². The summed E-state index contributed by atoms with van der Waals surface area (Å²) >= 11 is 12.0. The van der Waals surface area contributed by atoms with Crippen molar-refractivity contribution in [3.05, 3.63) is 87.7 Å². The van der Waals surface area contributed by atoms with E-state index in [1.807, 2.05) is 24.3 Å². The van der Waals surface area contributed by atoms with Gasteiger partial charge in [-0.1, -0.05) is 35.3 Å². The van der Waals surface area contributed by atoms with Crippen molar-refractivity contribution in [1.29, 1.82) is 0 Å². The zero-order valence-corrected chi connectivity index (χ0v) is 16.1. The van der Waals surface area contributed by atoms with E-state index in [1.165, 1.54) is 12.1 Å². The van der Waals surface area contributed by atoms with Crippen LogP contribution in [0.4, 0.5) is 10.1 Å². The van der Waals surface area contributed by atoms with Crippen LogP contribution in [-0.4, -0.2) is 7.11 Å². The summed E-state index contributed by atoms with van der Waals surface area (Å²) in [6.45, 7) is 0.926. The van der Waals surface area contributed by atoms with Gasteiger partial charge in [0.25, 0.3) is 0 Å². The summed E-state index contributed by atoms with van der Waals surface area (Å²) < 4.78 is 24.2. The van der Waals surface area contributed by atoms with Crippen molar-refractivity contribution in [3.63, 3.8) is 0 Å². The Morgan fingerprint density at radius 1 is 0.852 bits per heavy atom. The summed E-state index contributed by atoms with van der Waals surface area (Å²) in [7, 11) is 1.60. The van der Waals surface area contributed by atoms with E-state index < -0.39 is 0 Å². The molecule has 0 spiro atoms. The first-order valence-electron chi connectivity index (χ1n) is 8.28. The topological polar surface area (TPSA) is 30.5 Å². The average molecular weight is 406 g/mol. The van der Waals surface area contributed by atoms with Gasteiger partial charge in [0.05, 0.1) is 17.2 Å². The van der Waals surface area contributed by atoms with Gasteiger partial charge in [0.2, 0.25) is 0 Å². The Labute approximate surface area is 167 Å². The van der Waals surface area contributed by atoms with Crippen LogP contribution in [0.3, 0.4) is 0 Å². The third-order valence-electron chi connectivity index (χ3n) is 3.95. The van der Waals surface area contributed by atoms with Gasteiger partial charge >= 0.3 is 0 Å². The standard InChI is InChI=1S/C21H18Cl2FNO2/c1-26-21-11-14(12-25-17-6-4-16(24)5-7-17)3-9-20(21)27-13-15-2-8-18(22)19(23)10-15/h2-11,25H,12-13H2,1H3. The zero-order valence-electron chi connectivity index (χ0n) is 14.6. The number of nitrogens with one attached hydrogen (secondary N) is 1. The molecule has 3 aromatic carbocycles. The number of benzene rings is 3. The molecular formula is C21H18Cl2FNO2. The van der Waals surface area contributed by atoms with Gasteiger partial charge in [-0.3, -0.25) is 0 Å². The normalized spacial score (nSPS) is 10.5. The third kappa shape index (κ3) is 5.28. The highest BCUT2D eigenvalue weighted by molar-refractivity contribution is 6.42. The lowest BCUT2D eigenvalue weighted by Crippen LogP contribution is -2.02. The van der Waals surface area contributed by atoms with Crippen molar-refractivity contribution in [3.8, 4) is 11.5 Å². The number of halogens is 3. The second-order valence-electron chi connectivity index (χ2n) is 5.88. The largest absolute Gasteiger partial charge is 0.493 e. The van der Waals surface area contributed by atoms with Gasteiger partial charge in [0, 0.05) is 12.2 Å². The van der Waals surface area contributed by atoms with E-state index >= 15 is 0 Å². The maximum Gasteiger partial charge on any atom is 0.161 e. The van der Waals surface area contributed by atoms with Crippen LogP contribution in [0.2, 0.25) is 10.0 Å². The Morgan fingerprint density at radius 3 is 2.30 bits per heavy atom. The molecule has 0 heterocycles. The fraction of sp³-hybridized carbons (Fsp3) is 0.143. The highest BCUT2D eigenvalue weighted by Crippen LogP contribution is 2.30.